The average Bonchev–Trinajstić information content (AvgIpc) is 2.91. The van der Waals surface area contributed by atoms with Crippen LogP contribution in [0.2, 0.25) is 0 Å². The molecule has 1 heterocycles. The predicted molar refractivity (Wildman–Crippen MR) is 153 cm³/mol. The van der Waals surface area contributed by atoms with Gasteiger partial charge >= 0.3 is 0 Å². The summed E-state index contributed by atoms with van der Waals surface area (Å²) >= 11 is 0. The van der Waals surface area contributed by atoms with Crippen LogP contribution < -0.4 is 0 Å². The average molecular weight is 478 g/mol. The fourth-order valence-electron chi connectivity index (χ4n) is 4.79. The number of nitrogens with zero attached hydrogens (tertiary/aromatic N) is 1. The van der Waals surface area contributed by atoms with E-state index < -0.39 is 0 Å². The lowest BCUT2D eigenvalue weighted by Crippen LogP contribution is -2.37. The van der Waals surface area contributed by atoms with E-state index in [1.165, 1.54) is 42.4 Å². The van der Waals surface area contributed by atoms with Gasteiger partial charge in [0.2, 0.25) is 0 Å². The van der Waals surface area contributed by atoms with E-state index in [0.717, 1.165) is 41.7 Å². The number of Topliss-reactive ketones (excluding diaryl/α,β-unsaturated/α-hetero) is 1. The first-order chi connectivity index (χ1) is 17.6. The molecule has 0 spiro atoms. The summed E-state index contributed by atoms with van der Waals surface area (Å²) in [5.41, 5.74) is 7.92. The van der Waals surface area contributed by atoms with Gasteiger partial charge in [-0.25, -0.2) is 0 Å². The van der Waals surface area contributed by atoms with Crippen LogP contribution in [0.25, 0.3) is 12.2 Å². The molecule has 0 bridgehead atoms. The van der Waals surface area contributed by atoms with Gasteiger partial charge in [-0.05, 0) is 65.7 Å². The van der Waals surface area contributed by atoms with Gasteiger partial charge in [0.15, 0.2) is 5.78 Å². The molecule has 0 atom stereocenters. The Morgan fingerprint density at radius 3 is 1.56 bits per heavy atom. The lowest BCUT2D eigenvalue weighted by molar-refractivity contribution is -0.113. The van der Waals surface area contributed by atoms with Gasteiger partial charge < -0.3 is 0 Å². The Labute approximate surface area is 217 Å². The quantitative estimate of drug-likeness (QED) is 0.276. The molecule has 1 aliphatic heterocycles. The lowest BCUT2D eigenvalue weighted by atomic mass is 9.93. The molecule has 2 heteroatoms. The number of carbonyl (C=O) groups excluding carboxylic acids is 1. The minimum absolute atomic E-state index is 0.171. The number of carbonyl (C=O) groups is 1. The first-order valence-corrected chi connectivity index (χ1v) is 13.5. The number of aryl methyl sites for hydroxylation is 2. The number of unbranched alkanes of at least 4 members (excludes halogenated alkanes) is 2. The summed E-state index contributed by atoms with van der Waals surface area (Å²) in [5.74, 6) is 0.171. The molecule has 0 N–H and O–H groups in total. The van der Waals surface area contributed by atoms with Crippen LogP contribution in [0.5, 0.6) is 0 Å². The van der Waals surface area contributed by atoms with Crippen molar-refractivity contribution in [3.05, 3.63) is 118 Å². The molecule has 1 aliphatic rings. The molecular formula is C34H39NO. The van der Waals surface area contributed by atoms with Crippen molar-refractivity contribution in [2.24, 2.45) is 0 Å². The van der Waals surface area contributed by atoms with Crippen LogP contribution in [0.1, 0.15) is 67.3 Å². The van der Waals surface area contributed by atoms with E-state index in [1.807, 2.05) is 6.07 Å². The first-order valence-electron chi connectivity index (χ1n) is 13.5. The Kier molecular flexibility index (Phi) is 9.47. The molecule has 0 radical (unpaired) electrons. The van der Waals surface area contributed by atoms with E-state index in [1.54, 1.807) is 0 Å². The molecule has 186 valence electrons. The minimum Gasteiger partial charge on any atom is -0.290 e. The van der Waals surface area contributed by atoms with Gasteiger partial charge in [0.1, 0.15) is 0 Å². The van der Waals surface area contributed by atoms with Crippen molar-refractivity contribution in [1.29, 1.82) is 0 Å². The molecule has 4 rings (SSSR count). The van der Waals surface area contributed by atoms with Crippen molar-refractivity contribution >= 4 is 17.9 Å². The number of benzene rings is 3. The van der Waals surface area contributed by atoms with Crippen LogP contribution in [-0.2, 0) is 24.2 Å². The highest BCUT2D eigenvalue weighted by atomic mass is 16.1. The summed E-state index contributed by atoms with van der Waals surface area (Å²) in [7, 11) is 0. The molecule has 0 amide bonds. The maximum atomic E-state index is 13.6. The molecule has 3 aromatic carbocycles. The van der Waals surface area contributed by atoms with Crippen LogP contribution in [0, 0.1) is 0 Å². The van der Waals surface area contributed by atoms with Gasteiger partial charge in [0.25, 0.3) is 0 Å². The number of likely N-dealkylation sites (tertiary alicyclic amines) is 1. The Morgan fingerprint density at radius 2 is 1.11 bits per heavy atom. The second-order valence-electron chi connectivity index (χ2n) is 9.99. The van der Waals surface area contributed by atoms with E-state index in [-0.39, 0.29) is 5.78 Å². The Bertz CT molecular complexity index is 1100. The molecule has 36 heavy (non-hydrogen) atoms. The molecule has 1 fully saturated rings. The topological polar surface area (TPSA) is 20.3 Å². The van der Waals surface area contributed by atoms with Crippen molar-refractivity contribution in [2.45, 2.75) is 58.9 Å². The molecular weight excluding hydrogens is 438 g/mol. The fraction of sp³-hybridized carbons (Fsp3) is 0.324. The van der Waals surface area contributed by atoms with Crippen LogP contribution in [0.4, 0.5) is 0 Å². The van der Waals surface area contributed by atoms with Gasteiger partial charge in [-0.3, -0.25) is 9.69 Å². The van der Waals surface area contributed by atoms with Crippen LogP contribution in [-0.4, -0.2) is 23.8 Å². The Hall–Kier alpha value is -3.23. The minimum atomic E-state index is 0.171. The third kappa shape index (κ3) is 7.38. The molecule has 3 aromatic rings. The highest BCUT2D eigenvalue weighted by Crippen LogP contribution is 2.24. The van der Waals surface area contributed by atoms with Crippen molar-refractivity contribution < 1.29 is 4.79 Å². The predicted octanol–water partition coefficient (Wildman–Crippen LogP) is 7.92. The van der Waals surface area contributed by atoms with Gasteiger partial charge in [0.05, 0.1) is 0 Å². The van der Waals surface area contributed by atoms with Crippen molar-refractivity contribution in [3.8, 4) is 0 Å². The number of ketones is 1. The smallest absolute Gasteiger partial charge is 0.187 e. The number of piperidine rings is 1. The third-order valence-electron chi connectivity index (χ3n) is 6.90. The fourth-order valence-corrected chi connectivity index (χ4v) is 4.79. The van der Waals surface area contributed by atoms with Gasteiger partial charge in [-0.1, -0.05) is 106 Å². The standard InChI is InChI=1S/C34H39NO/c1-3-5-10-27-14-18-29(19-15-27)22-32-25-35(24-31-12-8-7-9-13-31)26-33(34(32)36)23-30-20-16-28(17-21-30)11-6-4-2/h7-9,12-23H,3-6,10-11,24-26H2,1-2H3. The zero-order valence-electron chi connectivity index (χ0n) is 21.9. The molecule has 0 aliphatic carbocycles. The van der Waals surface area contributed by atoms with Gasteiger partial charge in [-0.2, -0.15) is 0 Å². The maximum Gasteiger partial charge on any atom is 0.187 e. The van der Waals surface area contributed by atoms with Crippen LogP contribution >= 0.6 is 0 Å². The molecule has 1 saturated heterocycles. The normalized spacial score (nSPS) is 16.7. The summed E-state index contributed by atoms with van der Waals surface area (Å²) in [5, 5.41) is 0. The monoisotopic (exact) mass is 477 g/mol. The molecule has 2 nitrogen and oxygen atoms in total. The van der Waals surface area contributed by atoms with E-state index in [4.69, 9.17) is 0 Å². The maximum absolute atomic E-state index is 13.6. The number of rotatable bonds is 10. The first kappa shape index (κ1) is 25.9. The second kappa shape index (κ2) is 13.2. The van der Waals surface area contributed by atoms with Gasteiger partial charge in [-0.15, -0.1) is 0 Å². The second-order valence-corrected chi connectivity index (χ2v) is 9.99. The SMILES string of the molecule is CCCCc1ccc(C=C2CN(Cc3ccccc3)CC(=Cc3ccc(CCCC)cc3)C2=O)cc1. The number of hydrogen-bond acceptors (Lipinski definition) is 2. The Balaban J connectivity index is 1.58. The zero-order chi connectivity index (χ0) is 25.2. The van der Waals surface area contributed by atoms with E-state index in [0.29, 0.717) is 13.1 Å². The van der Waals surface area contributed by atoms with Crippen molar-refractivity contribution in [2.75, 3.05) is 13.1 Å². The van der Waals surface area contributed by atoms with E-state index in [9.17, 15) is 4.79 Å². The molecule has 0 aromatic heterocycles. The summed E-state index contributed by atoms with van der Waals surface area (Å²) in [4.78, 5) is 16.0. The van der Waals surface area contributed by atoms with Crippen molar-refractivity contribution in [1.82, 2.24) is 4.90 Å². The summed E-state index contributed by atoms with van der Waals surface area (Å²) in [6.45, 7) is 6.60. The summed E-state index contributed by atoms with van der Waals surface area (Å²) < 4.78 is 0. The van der Waals surface area contributed by atoms with Crippen LogP contribution in [0.3, 0.4) is 0 Å². The highest BCUT2D eigenvalue weighted by Gasteiger charge is 2.26. The molecule has 0 saturated carbocycles. The molecule has 0 unspecified atom stereocenters. The number of hydrogen-bond donors (Lipinski definition) is 0. The van der Waals surface area contributed by atoms with Crippen LogP contribution in [0.15, 0.2) is 90.0 Å². The summed E-state index contributed by atoms with van der Waals surface area (Å²) in [6, 6.07) is 28.0. The van der Waals surface area contributed by atoms with E-state index in [2.05, 4.69) is 104 Å². The lowest BCUT2D eigenvalue weighted by Gasteiger charge is -2.30. The van der Waals surface area contributed by atoms with E-state index >= 15 is 0 Å². The summed E-state index contributed by atoms with van der Waals surface area (Å²) in [6.07, 6.45) is 11.2. The Morgan fingerprint density at radius 1 is 0.639 bits per heavy atom. The third-order valence-corrected chi connectivity index (χ3v) is 6.90. The van der Waals surface area contributed by atoms with Gasteiger partial charge in [0, 0.05) is 30.8 Å². The van der Waals surface area contributed by atoms with Crippen molar-refractivity contribution in [3.63, 3.8) is 0 Å². The largest absolute Gasteiger partial charge is 0.290 e. The zero-order valence-corrected chi connectivity index (χ0v) is 21.9. The highest BCUT2D eigenvalue weighted by molar-refractivity contribution is 6.14.